The van der Waals surface area contributed by atoms with E-state index in [1.807, 2.05) is 0 Å². The van der Waals surface area contributed by atoms with Crippen LogP contribution in [0.2, 0.25) is 0 Å². The summed E-state index contributed by atoms with van der Waals surface area (Å²) in [5.74, 6) is -2.34. The summed E-state index contributed by atoms with van der Waals surface area (Å²) >= 11 is 0. The minimum Gasteiger partial charge on any atom is -0.398 e. The first-order valence-corrected chi connectivity index (χ1v) is 3.45. The van der Waals surface area contributed by atoms with Gasteiger partial charge in [-0.2, -0.15) is 0 Å². The number of benzene rings is 1. The molecule has 1 aliphatic rings. The van der Waals surface area contributed by atoms with Gasteiger partial charge >= 0.3 is 11.9 Å². The summed E-state index contributed by atoms with van der Waals surface area (Å²) in [5.41, 5.74) is 5.10. The van der Waals surface area contributed by atoms with Crippen LogP contribution in [0.4, 0.5) is 10.1 Å². The number of nitrogens with two attached hydrogens (primary N) is 1. The Morgan fingerprint density at radius 1 is 1.23 bits per heavy atom. The fraction of sp³-hybridized carbons (Fsp3) is 0. The van der Waals surface area contributed by atoms with Crippen molar-refractivity contribution >= 4 is 17.6 Å². The Labute approximate surface area is 72.1 Å². The molecular weight excluding hydrogens is 177 g/mol. The van der Waals surface area contributed by atoms with Gasteiger partial charge in [-0.05, 0) is 12.1 Å². The van der Waals surface area contributed by atoms with Crippen LogP contribution < -0.4 is 5.73 Å². The zero-order chi connectivity index (χ0) is 9.59. The van der Waals surface area contributed by atoms with Crippen LogP contribution in [0.3, 0.4) is 0 Å². The van der Waals surface area contributed by atoms with Gasteiger partial charge < -0.3 is 10.5 Å². The highest BCUT2D eigenvalue weighted by molar-refractivity contribution is 6.17. The molecule has 4 nitrogen and oxygen atoms in total. The summed E-state index contributed by atoms with van der Waals surface area (Å²) in [6.07, 6.45) is 0. The number of ether oxygens (including phenoxy) is 1. The lowest BCUT2D eigenvalue weighted by Crippen LogP contribution is -2.00. The van der Waals surface area contributed by atoms with Crippen molar-refractivity contribution < 1.29 is 18.7 Å². The number of anilines is 1. The summed E-state index contributed by atoms with van der Waals surface area (Å²) in [5, 5.41) is 0. The van der Waals surface area contributed by atoms with E-state index in [0.717, 1.165) is 12.1 Å². The van der Waals surface area contributed by atoms with E-state index in [0.29, 0.717) is 0 Å². The topological polar surface area (TPSA) is 69.4 Å². The maximum Gasteiger partial charge on any atom is 0.349 e. The van der Waals surface area contributed by atoms with E-state index in [1.165, 1.54) is 0 Å². The van der Waals surface area contributed by atoms with Crippen molar-refractivity contribution in [3.05, 3.63) is 29.1 Å². The second-order valence-corrected chi connectivity index (χ2v) is 2.59. The highest BCUT2D eigenvalue weighted by atomic mass is 19.1. The molecule has 66 valence electrons. The van der Waals surface area contributed by atoms with Crippen LogP contribution in [0.5, 0.6) is 0 Å². The second-order valence-electron chi connectivity index (χ2n) is 2.59. The van der Waals surface area contributed by atoms with Crippen LogP contribution in [0.25, 0.3) is 0 Å². The van der Waals surface area contributed by atoms with Gasteiger partial charge in [0.05, 0.1) is 11.1 Å². The van der Waals surface area contributed by atoms with Crippen molar-refractivity contribution in [1.29, 1.82) is 0 Å². The van der Waals surface area contributed by atoms with Crippen LogP contribution in [0, 0.1) is 5.82 Å². The average Bonchev–Trinajstić information content (AvgIpc) is 2.27. The third-order valence-electron chi connectivity index (χ3n) is 1.74. The molecule has 0 fully saturated rings. The maximum absolute atomic E-state index is 12.7. The van der Waals surface area contributed by atoms with E-state index in [1.54, 1.807) is 0 Å². The number of nitrogen functional groups attached to an aromatic ring is 1. The van der Waals surface area contributed by atoms with Gasteiger partial charge in [-0.1, -0.05) is 0 Å². The number of rotatable bonds is 0. The standard InChI is InChI=1S/C8H4FNO3/c9-3-1-4-6(5(10)2-3)8(12)13-7(4)11/h1-2H,10H2. The molecule has 0 amide bonds. The Morgan fingerprint density at radius 2 is 1.92 bits per heavy atom. The number of fused-ring (bicyclic) bond motifs is 1. The highest BCUT2D eigenvalue weighted by Gasteiger charge is 2.32. The fourth-order valence-electron chi connectivity index (χ4n) is 1.21. The van der Waals surface area contributed by atoms with Crippen molar-refractivity contribution in [3.8, 4) is 0 Å². The quantitative estimate of drug-likeness (QED) is 0.363. The van der Waals surface area contributed by atoms with Gasteiger partial charge in [-0.25, -0.2) is 14.0 Å². The molecule has 1 aromatic rings. The molecule has 1 aromatic carbocycles. The van der Waals surface area contributed by atoms with Crippen LogP contribution in [0.1, 0.15) is 20.7 Å². The summed E-state index contributed by atoms with van der Waals surface area (Å²) < 4.78 is 17.0. The van der Waals surface area contributed by atoms with E-state index in [-0.39, 0.29) is 16.8 Å². The van der Waals surface area contributed by atoms with Gasteiger partial charge in [0.2, 0.25) is 0 Å². The van der Waals surface area contributed by atoms with E-state index < -0.39 is 17.8 Å². The van der Waals surface area contributed by atoms with Gasteiger partial charge in [0.25, 0.3) is 0 Å². The number of carbonyl (C=O) groups is 2. The minimum atomic E-state index is -0.855. The van der Waals surface area contributed by atoms with Gasteiger partial charge in [-0.15, -0.1) is 0 Å². The fourth-order valence-corrected chi connectivity index (χ4v) is 1.21. The number of esters is 2. The molecule has 0 aromatic heterocycles. The SMILES string of the molecule is Nc1cc(F)cc2c1C(=O)OC2=O. The molecule has 0 bridgehead atoms. The lowest BCUT2D eigenvalue weighted by molar-refractivity contribution is 0.0444. The normalized spacial score (nSPS) is 14.2. The lowest BCUT2D eigenvalue weighted by Gasteiger charge is -1.97. The molecule has 0 unspecified atom stereocenters. The monoisotopic (exact) mass is 181 g/mol. The summed E-state index contributed by atoms with van der Waals surface area (Å²) in [4.78, 5) is 21.9. The van der Waals surface area contributed by atoms with Crippen LogP contribution >= 0.6 is 0 Å². The maximum atomic E-state index is 12.7. The van der Waals surface area contributed by atoms with E-state index in [4.69, 9.17) is 5.73 Å². The summed E-state index contributed by atoms with van der Waals surface area (Å²) in [6, 6.07) is 1.90. The second kappa shape index (κ2) is 2.29. The Kier molecular flexibility index (Phi) is 1.36. The molecule has 2 rings (SSSR count). The first-order valence-electron chi connectivity index (χ1n) is 3.45. The van der Waals surface area contributed by atoms with Gasteiger partial charge in [-0.3, -0.25) is 0 Å². The molecule has 0 aliphatic carbocycles. The predicted molar refractivity (Wildman–Crippen MR) is 40.6 cm³/mol. The van der Waals surface area contributed by atoms with E-state index >= 15 is 0 Å². The summed E-state index contributed by atoms with van der Waals surface area (Å²) in [6.45, 7) is 0. The molecule has 0 spiro atoms. The highest BCUT2D eigenvalue weighted by Crippen LogP contribution is 2.26. The number of cyclic esters (lactones) is 2. The predicted octanol–water partition coefficient (Wildman–Crippen LogP) is 0.719. The molecule has 0 saturated heterocycles. The molecule has 1 aliphatic heterocycles. The lowest BCUT2D eigenvalue weighted by atomic mass is 10.1. The van der Waals surface area contributed by atoms with Gasteiger partial charge in [0, 0.05) is 5.69 Å². The molecular formula is C8H4FNO3. The third-order valence-corrected chi connectivity index (χ3v) is 1.74. The molecule has 0 saturated carbocycles. The smallest absolute Gasteiger partial charge is 0.349 e. The number of hydrogen-bond donors (Lipinski definition) is 1. The Balaban J connectivity index is 2.77. The van der Waals surface area contributed by atoms with E-state index in [2.05, 4.69) is 4.74 Å². The number of carbonyl (C=O) groups excluding carboxylic acids is 2. The largest absolute Gasteiger partial charge is 0.398 e. The molecule has 0 radical (unpaired) electrons. The first-order chi connectivity index (χ1) is 6.09. The van der Waals surface area contributed by atoms with Crippen molar-refractivity contribution in [2.75, 3.05) is 5.73 Å². The van der Waals surface area contributed by atoms with Crippen molar-refractivity contribution in [1.82, 2.24) is 0 Å². The minimum absolute atomic E-state index is 0.0496. The van der Waals surface area contributed by atoms with Crippen LogP contribution in [-0.2, 0) is 4.74 Å². The molecule has 2 N–H and O–H groups in total. The molecule has 13 heavy (non-hydrogen) atoms. The number of halogens is 1. The van der Waals surface area contributed by atoms with Crippen molar-refractivity contribution in [3.63, 3.8) is 0 Å². The Hall–Kier alpha value is -1.91. The Morgan fingerprint density at radius 3 is 2.62 bits per heavy atom. The van der Waals surface area contributed by atoms with Gasteiger partial charge in [0.1, 0.15) is 5.82 Å². The zero-order valence-corrected chi connectivity index (χ0v) is 6.33. The molecule has 0 atom stereocenters. The zero-order valence-electron chi connectivity index (χ0n) is 6.33. The number of hydrogen-bond acceptors (Lipinski definition) is 4. The van der Waals surface area contributed by atoms with Crippen molar-refractivity contribution in [2.45, 2.75) is 0 Å². The summed E-state index contributed by atoms with van der Waals surface area (Å²) in [7, 11) is 0. The van der Waals surface area contributed by atoms with Gasteiger partial charge in [0.15, 0.2) is 0 Å². The van der Waals surface area contributed by atoms with E-state index in [9.17, 15) is 14.0 Å². The Bertz CT molecular complexity index is 428. The van der Waals surface area contributed by atoms with Crippen molar-refractivity contribution in [2.24, 2.45) is 0 Å². The third kappa shape index (κ3) is 0.970. The van der Waals surface area contributed by atoms with Crippen LogP contribution in [0.15, 0.2) is 12.1 Å². The average molecular weight is 181 g/mol. The van der Waals surface area contributed by atoms with Crippen LogP contribution in [-0.4, -0.2) is 11.9 Å². The molecule has 1 heterocycles. The first kappa shape index (κ1) is 7.72. The molecule has 5 heteroatoms.